The summed E-state index contributed by atoms with van der Waals surface area (Å²) in [6.45, 7) is 9.94. The predicted octanol–water partition coefficient (Wildman–Crippen LogP) is 0.779. The molecule has 2 unspecified atom stereocenters. The molecule has 2 amide bonds. The molecule has 0 aromatic heterocycles. The standard InChI is InChI=1S/C19H34N4O2/c1-16(17-5-4-6-20-14-17)13-18(24)23-11-9-21(10-12-23)15-19(25)22-7-2-3-8-22/h16-17,20H,2-15H2,1H3. The van der Waals surface area contributed by atoms with Crippen LogP contribution in [0.4, 0.5) is 0 Å². The van der Waals surface area contributed by atoms with Gasteiger partial charge < -0.3 is 15.1 Å². The zero-order chi connectivity index (χ0) is 17.6. The Kier molecular flexibility index (Phi) is 6.70. The van der Waals surface area contributed by atoms with Gasteiger partial charge in [0.15, 0.2) is 0 Å². The van der Waals surface area contributed by atoms with Crippen LogP contribution < -0.4 is 5.32 Å². The molecule has 0 aromatic rings. The van der Waals surface area contributed by atoms with Crippen molar-refractivity contribution in [3.8, 4) is 0 Å². The van der Waals surface area contributed by atoms with Gasteiger partial charge in [-0.3, -0.25) is 14.5 Å². The van der Waals surface area contributed by atoms with Crippen LogP contribution in [0.25, 0.3) is 0 Å². The van der Waals surface area contributed by atoms with Gasteiger partial charge >= 0.3 is 0 Å². The van der Waals surface area contributed by atoms with Crippen molar-refractivity contribution in [2.24, 2.45) is 11.8 Å². The van der Waals surface area contributed by atoms with Gasteiger partial charge in [-0.15, -0.1) is 0 Å². The lowest BCUT2D eigenvalue weighted by molar-refractivity contribution is -0.135. The number of hydrogen-bond acceptors (Lipinski definition) is 4. The Hall–Kier alpha value is -1.14. The highest BCUT2D eigenvalue weighted by Crippen LogP contribution is 2.23. The van der Waals surface area contributed by atoms with Crippen LogP contribution in [0.15, 0.2) is 0 Å². The van der Waals surface area contributed by atoms with Gasteiger partial charge in [0.05, 0.1) is 6.54 Å². The third-order valence-electron chi connectivity index (χ3n) is 6.18. The molecule has 6 heteroatoms. The van der Waals surface area contributed by atoms with E-state index in [9.17, 15) is 9.59 Å². The van der Waals surface area contributed by atoms with E-state index in [-0.39, 0.29) is 5.91 Å². The van der Waals surface area contributed by atoms with E-state index in [2.05, 4.69) is 17.1 Å². The number of piperazine rings is 1. The normalized spacial score (nSPS) is 26.7. The maximum atomic E-state index is 12.6. The van der Waals surface area contributed by atoms with E-state index in [1.807, 2.05) is 9.80 Å². The smallest absolute Gasteiger partial charge is 0.236 e. The van der Waals surface area contributed by atoms with Crippen LogP contribution in [0.5, 0.6) is 0 Å². The predicted molar refractivity (Wildman–Crippen MR) is 98.2 cm³/mol. The first kappa shape index (κ1) is 18.6. The van der Waals surface area contributed by atoms with Crippen LogP contribution in [0.3, 0.4) is 0 Å². The zero-order valence-electron chi connectivity index (χ0n) is 15.7. The van der Waals surface area contributed by atoms with Crippen molar-refractivity contribution in [2.45, 2.75) is 39.0 Å². The Bertz CT molecular complexity index is 450. The number of hydrogen-bond donors (Lipinski definition) is 1. The van der Waals surface area contributed by atoms with E-state index in [0.717, 1.165) is 65.2 Å². The number of nitrogens with one attached hydrogen (secondary N) is 1. The number of rotatable bonds is 5. The van der Waals surface area contributed by atoms with E-state index >= 15 is 0 Å². The molecule has 1 N–H and O–H groups in total. The van der Waals surface area contributed by atoms with E-state index in [1.165, 1.54) is 12.8 Å². The summed E-state index contributed by atoms with van der Waals surface area (Å²) in [5.74, 6) is 1.64. The number of carbonyl (C=O) groups excluding carboxylic acids is 2. The Morgan fingerprint density at radius 3 is 2.28 bits per heavy atom. The highest BCUT2D eigenvalue weighted by Gasteiger charge is 2.28. The summed E-state index contributed by atoms with van der Waals surface area (Å²) in [7, 11) is 0. The Morgan fingerprint density at radius 2 is 1.64 bits per heavy atom. The van der Waals surface area contributed by atoms with Gasteiger partial charge in [-0.2, -0.15) is 0 Å². The molecule has 6 nitrogen and oxygen atoms in total. The number of carbonyl (C=O) groups is 2. The zero-order valence-corrected chi connectivity index (χ0v) is 15.7. The maximum absolute atomic E-state index is 12.6. The molecule has 0 radical (unpaired) electrons. The molecule has 3 aliphatic rings. The first-order chi connectivity index (χ1) is 12.1. The second-order valence-electron chi connectivity index (χ2n) is 8.03. The topological polar surface area (TPSA) is 55.9 Å². The molecule has 25 heavy (non-hydrogen) atoms. The van der Waals surface area contributed by atoms with Crippen LogP contribution in [-0.4, -0.2) is 85.4 Å². The second-order valence-corrected chi connectivity index (χ2v) is 8.03. The van der Waals surface area contributed by atoms with Crippen LogP contribution in [-0.2, 0) is 9.59 Å². The van der Waals surface area contributed by atoms with Crippen molar-refractivity contribution in [1.82, 2.24) is 20.0 Å². The van der Waals surface area contributed by atoms with Gasteiger partial charge in [-0.1, -0.05) is 6.92 Å². The molecule has 0 aliphatic carbocycles. The van der Waals surface area contributed by atoms with Gasteiger partial charge in [-0.25, -0.2) is 0 Å². The third kappa shape index (κ3) is 5.17. The molecule has 0 spiro atoms. The monoisotopic (exact) mass is 350 g/mol. The fourth-order valence-corrected chi connectivity index (χ4v) is 4.35. The summed E-state index contributed by atoms with van der Waals surface area (Å²) in [5, 5.41) is 3.45. The lowest BCUT2D eigenvalue weighted by Crippen LogP contribution is -2.51. The summed E-state index contributed by atoms with van der Waals surface area (Å²) >= 11 is 0. The third-order valence-corrected chi connectivity index (χ3v) is 6.18. The summed E-state index contributed by atoms with van der Waals surface area (Å²) in [6.07, 6.45) is 5.42. The highest BCUT2D eigenvalue weighted by atomic mass is 16.2. The number of likely N-dealkylation sites (tertiary alicyclic amines) is 1. The molecule has 3 fully saturated rings. The van der Waals surface area contributed by atoms with Gasteiger partial charge in [0.2, 0.25) is 11.8 Å². The lowest BCUT2D eigenvalue weighted by atomic mass is 9.85. The minimum Gasteiger partial charge on any atom is -0.342 e. The van der Waals surface area contributed by atoms with E-state index in [0.29, 0.717) is 30.7 Å². The molecule has 3 heterocycles. The van der Waals surface area contributed by atoms with Crippen molar-refractivity contribution < 1.29 is 9.59 Å². The van der Waals surface area contributed by atoms with Crippen LogP contribution in [0.1, 0.15) is 39.0 Å². The summed E-state index contributed by atoms with van der Waals surface area (Å²) in [4.78, 5) is 31.0. The molecule has 3 aliphatic heterocycles. The second kappa shape index (κ2) is 8.99. The van der Waals surface area contributed by atoms with Crippen molar-refractivity contribution in [1.29, 1.82) is 0 Å². The Labute approximate surface area is 151 Å². The molecular formula is C19H34N4O2. The first-order valence-electron chi connectivity index (χ1n) is 10.1. The quantitative estimate of drug-likeness (QED) is 0.796. The molecule has 142 valence electrons. The van der Waals surface area contributed by atoms with Crippen molar-refractivity contribution in [3.63, 3.8) is 0 Å². The lowest BCUT2D eigenvalue weighted by Gasteiger charge is -2.36. The number of nitrogens with zero attached hydrogens (tertiary/aromatic N) is 3. The minimum absolute atomic E-state index is 0.260. The molecule has 3 rings (SSSR count). The fraction of sp³-hybridized carbons (Fsp3) is 0.895. The first-order valence-corrected chi connectivity index (χ1v) is 10.1. The molecular weight excluding hydrogens is 316 g/mol. The van der Waals surface area contributed by atoms with Crippen LogP contribution in [0.2, 0.25) is 0 Å². The van der Waals surface area contributed by atoms with Gasteiger partial charge in [0.1, 0.15) is 0 Å². The van der Waals surface area contributed by atoms with E-state index < -0.39 is 0 Å². The van der Waals surface area contributed by atoms with Crippen molar-refractivity contribution in [3.05, 3.63) is 0 Å². The largest absolute Gasteiger partial charge is 0.342 e. The molecule has 0 aromatic carbocycles. The minimum atomic E-state index is 0.260. The van der Waals surface area contributed by atoms with Gasteiger partial charge in [0, 0.05) is 45.7 Å². The fourth-order valence-electron chi connectivity index (χ4n) is 4.35. The Morgan fingerprint density at radius 1 is 0.960 bits per heavy atom. The SMILES string of the molecule is CC(CC(=O)N1CCN(CC(=O)N2CCCC2)CC1)C1CCCNC1. The van der Waals surface area contributed by atoms with E-state index in [1.54, 1.807) is 0 Å². The average Bonchev–Trinajstić information content (AvgIpc) is 3.18. The van der Waals surface area contributed by atoms with E-state index in [4.69, 9.17) is 0 Å². The number of piperidine rings is 1. The molecule has 0 bridgehead atoms. The highest BCUT2D eigenvalue weighted by molar-refractivity contribution is 5.79. The number of amides is 2. The van der Waals surface area contributed by atoms with Crippen molar-refractivity contribution in [2.75, 3.05) is 58.9 Å². The van der Waals surface area contributed by atoms with Crippen molar-refractivity contribution >= 4 is 11.8 Å². The molecule has 3 saturated heterocycles. The summed E-state index contributed by atoms with van der Waals surface area (Å²) in [6, 6.07) is 0. The summed E-state index contributed by atoms with van der Waals surface area (Å²) in [5.41, 5.74) is 0. The Balaban J connectivity index is 1.37. The average molecular weight is 351 g/mol. The molecule has 2 atom stereocenters. The summed E-state index contributed by atoms with van der Waals surface area (Å²) < 4.78 is 0. The van der Waals surface area contributed by atoms with Crippen LogP contribution >= 0.6 is 0 Å². The maximum Gasteiger partial charge on any atom is 0.236 e. The van der Waals surface area contributed by atoms with Gasteiger partial charge in [0.25, 0.3) is 0 Å². The molecule has 0 saturated carbocycles. The van der Waals surface area contributed by atoms with Crippen LogP contribution in [0, 0.1) is 11.8 Å². The van der Waals surface area contributed by atoms with Gasteiger partial charge in [-0.05, 0) is 50.6 Å².